The quantitative estimate of drug-likeness (QED) is 0.783. The number of pyridine rings is 1. The van der Waals surface area contributed by atoms with Crippen molar-refractivity contribution in [1.82, 2.24) is 9.38 Å². The number of rotatable bonds is 3. The van der Waals surface area contributed by atoms with E-state index in [4.69, 9.17) is 5.73 Å². The van der Waals surface area contributed by atoms with Crippen LogP contribution in [0.2, 0.25) is 0 Å². The fraction of sp³-hybridized carbons (Fsp3) is 0.235. The van der Waals surface area contributed by atoms with Crippen LogP contribution in [0.1, 0.15) is 19.5 Å². The summed E-state index contributed by atoms with van der Waals surface area (Å²) in [5, 5.41) is 0. The number of benzene rings is 1. The third-order valence-electron chi connectivity index (χ3n) is 3.44. The first-order valence-corrected chi connectivity index (χ1v) is 6.97. The Morgan fingerprint density at radius 1 is 1.05 bits per heavy atom. The average molecular weight is 265 g/mol. The fourth-order valence-electron chi connectivity index (χ4n) is 2.45. The monoisotopic (exact) mass is 265 g/mol. The van der Waals surface area contributed by atoms with Gasteiger partial charge in [0.15, 0.2) is 0 Å². The van der Waals surface area contributed by atoms with Crippen molar-refractivity contribution in [3.05, 3.63) is 54.4 Å². The molecule has 1 aromatic carbocycles. The van der Waals surface area contributed by atoms with E-state index in [-0.39, 0.29) is 0 Å². The summed E-state index contributed by atoms with van der Waals surface area (Å²) in [6.45, 7) is 4.36. The first kappa shape index (κ1) is 12.7. The molecule has 0 atom stereocenters. The van der Waals surface area contributed by atoms with Gasteiger partial charge in [-0.1, -0.05) is 44.2 Å². The first-order chi connectivity index (χ1) is 9.65. The van der Waals surface area contributed by atoms with E-state index >= 15 is 0 Å². The molecule has 0 saturated carbocycles. The van der Waals surface area contributed by atoms with Crippen molar-refractivity contribution in [1.29, 1.82) is 0 Å². The number of nitrogen functional groups attached to an aromatic ring is 1. The lowest BCUT2D eigenvalue weighted by Gasteiger charge is -2.04. The molecule has 0 radical (unpaired) electrons. The van der Waals surface area contributed by atoms with Crippen molar-refractivity contribution in [3.8, 4) is 11.1 Å². The summed E-state index contributed by atoms with van der Waals surface area (Å²) in [5.41, 5.74) is 10.5. The Morgan fingerprint density at radius 2 is 1.80 bits per heavy atom. The second-order valence-electron chi connectivity index (χ2n) is 5.55. The number of hydrogen-bond donors (Lipinski definition) is 1. The van der Waals surface area contributed by atoms with E-state index < -0.39 is 0 Å². The Hall–Kier alpha value is -2.29. The van der Waals surface area contributed by atoms with Gasteiger partial charge in [0.2, 0.25) is 0 Å². The zero-order valence-electron chi connectivity index (χ0n) is 11.9. The van der Waals surface area contributed by atoms with Crippen molar-refractivity contribution in [2.75, 3.05) is 5.73 Å². The third-order valence-corrected chi connectivity index (χ3v) is 3.44. The van der Waals surface area contributed by atoms with E-state index in [1.54, 1.807) is 0 Å². The maximum atomic E-state index is 6.23. The molecule has 3 nitrogen and oxygen atoms in total. The van der Waals surface area contributed by atoms with Gasteiger partial charge in [-0.05, 0) is 35.6 Å². The molecule has 2 aromatic heterocycles. The van der Waals surface area contributed by atoms with Crippen LogP contribution < -0.4 is 5.73 Å². The van der Waals surface area contributed by atoms with Crippen molar-refractivity contribution < 1.29 is 0 Å². The van der Waals surface area contributed by atoms with E-state index in [9.17, 15) is 0 Å². The predicted octanol–water partition coefficient (Wildman–Crippen LogP) is 3.78. The largest absolute Gasteiger partial charge is 0.383 e. The number of aromatic nitrogens is 2. The Bertz CT molecular complexity index is 727. The van der Waals surface area contributed by atoms with Gasteiger partial charge in [0, 0.05) is 6.20 Å². The highest BCUT2D eigenvalue weighted by molar-refractivity contribution is 5.66. The second-order valence-corrected chi connectivity index (χ2v) is 5.55. The van der Waals surface area contributed by atoms with E-state index in [2.05, 4.69) is 43.2 Å². The Balaban J connectivity index is 2.09. The van der Waals surface area contributed by atoms with Crippen molar-refractivity contribution in [2.45, 2.75) is 20.3 Å². The molecule has 0 aliphatic carbocycles. The molecule has 0 amide bonds. The summed E-state index contributed by atoms with van der Waals surface area (Å²) < 4.78 is 1.99. The molecule has 3 rings (SSSR count). The highest BCUT2D eigenvalue weighted by Gasteiger charge is 2.11. The minimum absolute atomic E-state index is 0.552. The maximum Gasteiger partial charge on any atom is 0.138 e. The molecular formula is C17H19N3. The molecule has 102 valence electrons. The van der Waals surface area contributed by atoms with Crippen LogP contribution in [0.4, 0.5) is 5.82 Å². The Kier molecular flexibility index (Phi) is 3.18. The lowest BCUT2D eigenvalue weighted by molar-refractivity contribution is 0.639. The summed E-state index contributed by atoms with van der Waals surface area (Å²) in [5.74, 6) is 1.31. The molecule has 0 saturated heterocycles. The average Bonchev–Trinajstić information content (AvgIpc) is 2.75. The molecule has 2 heterocycles. The topological polar surface area (TPSA) is 43.3 Å². The summed E-state index contributed by atoms with van der Waals surface area (Å²) in [4.78, 5) is 4.63. The molecule has 0 aliphatic rings. The van der Waals surface area contributed by atoms with Crippen LogP contribution in [0.25, 0.3) is 16.8 Å². The van der Waals surface area contributed by atoms with Gasteiger partial charge in [0.25, 0.3) is 0 Å². The van der Waals surface area contributed by atoms with Gasteiger partial charge < -0.3 is 5.73 Å². The van der Waals surface area contributed by atoms with Crippen LogP contribution in [0.5, 0.6) is 0 Å². The summed E-state index contributed by atoms with van der Waals surface area (Å²) in [6, 6.07) is 14.4. The van der Waals surface area contributed by atoms with E-state index in [1.807, 2.05) is 28.7 Å². The number of nitrogens with zero attached hydrogens (tertiary/aromatic N) is 2. The predicted molar refractivity (Wildman–Crippen MR) is 83.6 cm³/mol. The van der Waals surface area contributed by atoms with Gasteiger partial charge in [0.05, 0.1) is 5.69 Å². The van der Waals surface area contributed by atoms with Crippen LogP contribution in [0, 0.1) is 5.92 Å². The summed E-state index contributed by atoms with van der Waals surface area (Å²) >= 11 is 0. The van der Waals surface area contributed by atoms with Gasteiger partial charge in [-0.3, -0.25) is 4.40 Å². The number of fused-ring (bicyclic) bond motifs is 1. The van der Waals surface area contributed by atoms with Crippen LogP contribution in [0.15, 0.2) is 48.7 Å². The number of hydrogen-bond acceptors (Lipinski definition) is 2. The van der Waals surface area contributed by atoms with Crippen LogP contribution in [-0.2, 0) is 6.42 Å². The molecular weight excluding hydrogens is 246 g/mol. The normalized spacial score (nSPS) is 11.3. The van der Waals surface area contributed by atoms with Crippen molar-refractivity contribution in [2.24, 2.45) is 5.92 Å². The van der Waals surface area contributed by atoms with Gasteiger partial charge in [0.1, 0.15) is 11.5 Å². The molecule has 0 unspecified atom stereocenters. The Morgan fingerprint density at radius 3 is 2.50 bits per heavy atom. The van der Waals surface area contributed by atoms with E-state index in [1.165, 1.54) is 5.56 Å². The van der Waals surface area contributed by atoms with E-state index in [0.717, 1.165) is 29.1 Å². The first-order valence-electron chi connectivity index (χ1n) is 6.97. The summed E-state index contributed by atoms with van der Waals surface area (Å²) in [6.07, 6.45) is 2.98. The Labute approximate surface area is 119 Å². The minimum Gasteiger partial charge on any atom is -0.383 e. The second kappa shape index (κ2) is 5.00. The fourth-order valence-corrected chi connectivity index (χ4v) is 2.45. The molecule has 0 fully saturated rings. The zero-order valence-corrected chi connectivity index (χ0v) is 11.9. The number of imidazole rings is 1. The van der Waals surface area contributed by atoms with Gasteiger partial charge in [-0.25, -0.2) is 4.98 Å². The molecule has 0 aliphatic heterocycles. The molecule has 0 spiro atoms. The van der Waals surface area contributed by atoms with Crippen molar-refractivity contribution in [3.63, 3.8) is 0 Å². The third kappa shape index (κ3) is 2.27. The van der Waals surface area contributed by atoms with Gasteiger partial charge in [-0.15, -0.1) is 0 Å². The number of nitrogens with two attached hydrogens (primary N) is 1. The minimum atomic E-state index is 0.552. The zero-order chi connectivity index (χ0) is 14.1. The highest BCUT2D eigenvalue weighted by Crippen LogP contribution is 2.23. The molecule has 20 heavy (non-hydrogen) atoms. The SMILES string of the molecule is CC(C)Cc1nc2ccc(-c3ccccc3)cn2c1N. The van der Waals surface area contributed by atoms with E-state index in [0.29, 0.717) is 5.92 Å². The lowest BCUT2D eigenvalue weighted by atomic mass is 10.1. The van der Waals surface area contributed by atoms with Crippen molar-refractivity contribution >= 4 is 11.5 Å². The van der Waals surface area contributed by atoms with Gasteiger partial charge >= 0.3 is 0 Å². The molecule has 0 bridgehead atoms. The summed E-state index contributed by atoms with van der Waals surface area (Å²) in [7, 11) is 0. The van der Waals surface area contributed by atoms with Crippen LogP contribution >= 0.6 is 0 Å². The highest BCUT2D eigenvalue weighted by atomic mass is 15.1. The molecule has 3 aromatic rings. The lowest BCUT2D eigenvalue weighted by Crippen LogP contribution is -2.00. The number of anilines is 1. The van der Waals surface area contributed by atoms with Crippen LogP contribution in [-0.4, -0.2) is 9.38 Å². The van der Waals surface area contributed by atoms with Crippen LogP contribution in [0.3, 0.4) is 0 Å². The smallest absolute Gasteiger partial charge is 0.138 e. The standard InChI is InChI=1S/C17H19N3/c1-12(2)10-15-17(18)20-11-14(8-9-16(20)19-15)13-6-4-3-5-7-13/h3-9,11-12H,10,18H2,1-2H3. The molecule has 3 heteroatoms. The van der Waals surface area contributed by atoms with Gasteiger partial charge in [-0.2, -0.15) is 0 Å². The maximum absolute atomic E-state index is 6.23. The molecule has 2 N–H and O–H groups in total.